The van der Waals surface area contributed by atoms with Crippen LogP contribution in [0.1, 0.15) is 36.1 Å². The van der Waals surface area contributed by atoms with Gasteiger partial charge >= 0.3 is 0 Å². The number of rotatable bonds is 12. The zero-order chi connectivity index (χ0) is 32.7. The molecule has 7 nitrogen and oxygen atoms in total. The fourth-order valence-corrected chi connectivity index (χ4v) is 6.56. The van der Waals surface area contributed by atoms with Gasteiger partial charge in [-0.3, -0.25) is 13.9 Å². The maximum Gasteiger partial charge on any atom is 0.264 e. The van der Waals surface area contributed by atoms with Crippen molar-refractivity contribution in [3.05, 3.63) is 130 Å². The van der Waals surface area contributed by atoms with Gasteiger partial charge in [0.2, 0.25) is 11.8 Å². The molecule has 236 valence electrons. The van der Waals surface area contributed by atoms with Gasteiger partial charge in [-0.05, 0) is 80.8 Å². The van der Waals surface area contributed by atoms with Crippen LogP contribution in [0.15, 0.2) is 102 Å². The molecule has 0 heterocycles. The minimum atomic E-state index is -4.26. The molecule has 0 saturated carbocycles. The molecule has 0 aliphatic heterocycles. The molecule has 0 unspecified atom stereocenters. The fraction of sp³-hybridized carbons (Fsp3) is 0.257. The van der Waals surface area contributed by atoms with Gasteiger partial charge in [0.1, 0.15) is 18.4 Å². The molecule has 0 fully saturated rings. The number of nitrogens with one attached hydrogen (secondary N) is 1. The molecule has 0 aliphatic carbocycles. The van der Waals surface area contributed by atoms with Crippen molar-refractivity contribution >= 4 is 39.1 Å². The Morgan fingerprint density at radius 1 is 0.867 bits per heavy atom. The first-order chi connectivity index (χ1) is 21.3. The van der Waals surface area contributed by atoms with Gasteiger partial charge in [-0.1, -0.05) is 77.8 Å². The zero-order valence-electron chi connectivity index (χ0n) is 25.7. The second-order valence-electron chi connectivity index (χ2n) is 11.3. The van der Waals surface area contributed by atoms with Crippen molar-refractivity contribution in [3.8, 4) is 0 Å². The van der Waals surface area contributed by atoms with Gasteiger partial charge in [0, 0.05) is 24.0 Å². The van der Waals surface area contributed by atoms with E-state index in [2.05, 4.69) is 5.32 Å². The van der Waals surface area contributed by atoms with Crippen molar-refractivity contribution in [2.24, 2.45) is 0 Å². The van der Waals surface area contributed by atoms with Crippen LogP contribution in [0.3, 0.4) is 0 Å². The van der Waals surface area contributed by atoms with Crippen LogP contribution in [0.4, 0.5) is 10.1 Å². The predicted octanol–water partition coefficient (Wildman–Crippen LogP) is 6.46. The Morgan fingerprint density at radius 2 is 1.51 bits per heavy atom. The number of nitrogens with zero attached hydrogens (tertiary/aromatic N) is 2. The number of carbonyl (C=O) groups is 2. The van der Waals surface area contributed by atoms with Crippen molar-refractivity contribution in [2.75, 3.05) is 10.8 Å². The maximum atomic E-state index is 14.5. The first-order valence-electron chi connectivity index (χ1n) is 14.6. The number of sulfonamides is 1. The molecule has 4 aromatic carbocycles. The summed E-state index contributed by atoms with van der Waals surface area (Å²) in [5.74, 6) is -1.45. The number of hydrogen-bond donors (Lipinski definition) is 1. The number of carbonyl (C=O) groups excluding carboxylic acids is 2. The zero-order valence-corrected chi connectivity index (χ0v) is 27.3. The summed E-state index contributed by atoms with van der Waals surface area (Å²) in [5, 5.41) is 3.21. The summed E-state index contributed by atoms with van der Waals surface area (Å²) in [6, 6.07) is 24.9. The smallest absolute Gasteiger partial charge is 0.264 e. The predicted molar refractivity (Wildman–Crippen MR) is 176 cm³/mol. The third-order valence-corrected chi connectivity index (χ3v) is 9.30. The number of hydrogen-bond acceptors (Lipinski definition) is 4. The largest absolute Gasteiger partial charge is 0.352 e. The van der Waals surface area contributed by atoms with Crippen molar-refractivity contribution in [3.63, 3.8) is 0 Å². The number of benzene rings is 4. The first kappa shape index (κ1) is 33.7. The third kappa shape index (κ3) is 8.71. The van der Waals surface area contributed by atoms with Crippen molar-refractivity contribution in [2.45, 2.75) is 57.6 Å². The second-order valence-corrected chi connectivity index (χ2v) is 13.6. The van der Waals surface area contributed by atoms with Crippen LogP contribution in [0.25, 0.3) is 0 Å². The Labute approximate surface area is 269 Å². The summed E-state index contributed by atoms with van der Waals surface area (Å²) >= 11 is 6.33. The van der Waals surface area contributed by atoms with Gasteiger partial charge in [-0.15, -0.1) is 0 Å². The standard InChI is InChI=1S/C35H37ClFN3O4S/c1-24(2)38-35(42)33(20-27-8-6-5-7-9-27)39(22-28-13-16-30(37)17-14-28)34(41)23-40(32-21-29(36)15-12-26(32)4)45(43,44)31-18-10-25(3)11-19-31/h5-19,21,24,33H,20,22-23H2,1-4H3,(H,38,42)/t33-/m1/s1. The molecule has 0 spiro atoms. The lowest BCUT2D eigenvalue weighted by molar-refractivity contribution is -0.140. The van der Waals surface area contributed by atoms with Crippen LogP contribution < -0.4 is 9.62 Å². The topological polar surface area (TPSA) is 86.8 Å². The number of amides is 2. The highest BCUT2D eigenvalue weighted by molar-refractivity contribution is 7.92. The highest BCUT2D eigenvalue weighted by Gasteiger charge is 2.35. The molecular weight excluding hydrogens is 613 g/mol. The summed E-state index contributed by atoms with van der Waals surface area (Å²) in [6.07, 6.45) is 0.174. The lowest BCUT2D eigenvalue weighted by atomic mass is 10.0. The van der Waals surface area contributed by atoms with Gasteiger partial charge in [-0.25, -0.2) is 12.8 Å². The Balaban J connectivity index is 1.83. The van der Waals surface area contributed by atoms with E-state index in [0.29, 0.717) is 16.1 Å². The molecule has 4 rings (SSSR count). The first-order valence-corrected chi connectivity index (χ1v) is 16.4. The number of aryl methyl sites for hydroxylation is 2. The Hall–Kier alpha value is -4.21. The van der Waals surface area contributed by atoms with Gasteiger partial charge < -0.3 is 10.2 Å². The summed E-state index contributed by atoms with van der Waals surface area (Å²) in [5.41, 5.74) is 3.09. The lowest BCUT2D eigenvalue weighted by Crippen LogP contribution is -2.54. The molecule has 1 atom stereocenters. The van der Waals surface area contributed by atoms with Gasteiger partial charge in [0.05, 0.1) is 10.6 Å². The molecule has 4 aromatic rings. The third-order valence-electron chi connectivity index (χ3n) is 7.30. The van der Waals surface area contributed by atoms with E-state index in [1.165, 1.54) is 47.4 Å². The van der Waals surface area contributed by atoms with Crippen molar-refractivity contribution in [1.82, 2.24) is 10.2 Å². The van der Waals surface area contributed by atoms with E-state index in [0.717, 1.165) is 15.4 Å². The van der Waals surface area contributed by atoms with Crippen LogP contribution >= 0.6 is 11.6 Å². The van der Waals surface area contributed by atoms with Gasteiger partial charge in [0.15, 0.2) is 0 Å². The fourth-order valence-electron chi connectivity index (χ4n) is 4.92. The quantitative estimate of drug-likeness (QED) is 0.191. The van der Waals surface area contributed by atoms with Crippen molar-refractivity contribution < 1.29 is 22.4 Å². The summed E-state index contributed by atoms with van der Waals surface area (Å²) in [4.78, 5) is 29.6. The van der Waals surface area contributed by atoms with Gasteiger partial charge in [-0.2, -0.15) is 0 Å². The minimum Gasteiger partial charge on any atom is -0.352 e. The van der Waals surface area contributed by atoms with Crippen LogP contribution in [0.5, 0.6) is 0 Å². The average Bonchev–Trinajstić information content (AvgIpc) is 3.00. The van der Waals surface area contributed by atoms with Gasteiger partial charge in [0.25, 0.3) is 10.0 Å². The van der Waals surface area contributed by atoms with E-state index in [1.54, 1.807) is 31.2 Å². The lowest BCUT2D eigenvalue weighted by Gasteiger charge is -2.34. The molecule has 0 aliphatic rings. The van der Waals surface area contributed by atoms with E-state index >= 15 is 0 Å². The Bertz CT molecular complexity index is 1730. The molecule has 45 heavy (non-hydrogen) atoms. The molecule has 2 amide bonds. The maximum absolute atomic E-state index is 14.5. The second kappa shape index (κ2) is 14.7. The minimum absolute atomic E-state index is 0.00347. The molecule has 0 aromatic heterocycles. The van der Waals surface area contributed by atoms with Crippen LogP contribution in [-0.2, 0) is 32.6 Å². The number of anilines is 1. The highest BCUT2D eigenvalue weighted by atomic mass is 35.5. The molecule has 0 bridgehead atoms. The van der Waals surface area contributed by atoms with Crippen molar-refractivity contribution in [1.29, 1.82) is 0 Å². The van der Waals surface area contributed by atoms with E-state index < -0.39 is 40.2 Å². The summed E-state index contributed by atoms with van der Waals surface area (Å²) < 4.78 is 43.2. The Kier molecular flexibility index (Phi) is 11.0. The van der Waals surface area contributed by atoms with Crippen LogP contribution in [0.2, 0.25) is 5.02 Å². The van der Waals surface area contributed by atoms with Crippen LogP contribution in [-0.4, -0.2) is 43.8 Å². The molecule has 1 N–H and O–H groups in total. The van der Waals surface area contributed by atoms with E-state index in [4.69, 9.17) is 11.6 Å². The number of halogens is 2. The Morgan fingerprint density at radius 3 is 2.13 bits per heavy atom. The van der Waals surface area contributed by atoms with E-state index in [-0.39, 0.29) is 29.6 Å². The van der Waals surface area contributed by atoms with Crippen LogP contribution in [0, 0.1) is 19.7 Å². The molecular formula is C35H37ClFN3O4S. The summed E-state index contributed by atoms with van der Waals surface area (Å²) in [6.45, 7) is 6.55. The molecule has 10 heteroatoms. The SMILES string of the molecule is Cc1ccc(S(=O)(=O)N(CC(=O)N(Cc2ccc(F)cc2)[C@H](Cc2ccccc2)C(=O)NC(C)C)c2cc(Cl)ccc2C)cc1. The monoisotopic (exact) mass is 649 g/mol. The molecule has 0 radical (unpaired) electrons. The highest BCUT2D eigenvalue weighted by Crippen LogP contribution is 2.30. The summed E-state index contributed by atoms with van der Waals surface area (Å²) in [7, 11) is -4.26. The van der Waals surface area contributed by atoms with E-state index in [9.17, 15) is 22.4 Å². The average molecular weight is 650 g/mol. The molecule has 0 saturated heterocycles. The van der Waals surface area contributed by atoms with E-state index in [1.807, 2.05) is 51.1 Å². The normalized spacial score (nSPS) is 12.1.